The first kappa shape index (κ1) is 17.8. The second-order valence-electron chi connectivity index (χ2n) is 6.25. The van der Waals surface area contributed by atoms with Crippen LogP contribution >= 0.6 is 0 Å². The Bertz CT molecular complexity index is 1100. The number of anilines is 1. The number of para-hydroxylation sites is 2. The lowest BCUT2D eigenvalue weighted by Crippen LogP contribution is -2.08. The zero-order valence-corrected chi connectivity index (χ0v) is 16.0. The van der Waals surface area contributed by atoms with Crippen molar-refractivity contribution < 1.29 is 14.0 Å². The van der Waals surface area contributed by atoms with Crippen molar-refractivity contribution in [2.45, 2.75) is 6.42 Å². The molecule has 0 amide bonds. The molecular formula is C20H21N5O3. The van der Waals surface area contributed by atoms with Crippen LogP contribution in [0.5, 0.6) is 11.5 Å². The average molecular weight is 379 g/mol. The van der Waals surface area contributed by atoms with Crippen LogP contribution in [0.15, 0.2) is 47.0 Å². The Kier molecular flexibility index (Phi) is 4.84. The van der Waals surface area contributed by atoms with E-state index in [2.05, 4.69) is 31.1 Å². The highest BCUT2D eigenvalue weighted by Crippen LogP contribution is 2.31. The summed E-state index contributed by atoms with van der Waals surface area (Å²) in [5.74, 6) is 2.73. The van der Waals surface area contributed by atoms with Crippen LogP contribution in [0.1, 0.15) is 5.82 Å². The highest BCUT2D eigenvalue weighted by Gasteiger charge is 2.12. The van der Waals surface area contributed by atoms with Gasteiger partial charge in [0.05, 0.1) is 25.3 Å². The fraction of sp³-hybridized carbons (Fsp3) is 0.250. The topological polar surface area (TPSA) is 87.2 Å². The van der Waals surface area contributed by atoms with E-state index in [-0.39, 0.29) is 0 Å². The molecule has 1 N–H and O–H groups in total. The first-order valence-corrected chi connectivity index (χ1v) is 8.90. The molecule has 8 nitrogen and oxygen atoms in total. The lowest BCUT2D eigenvalue weighted by molar-refractivity contribution is 0.355. The van der Waals surface area contributed by atoms with Crippen LogP contribution < -0.4 is 14.8 Å². The molecule has 0 bridgehead atoms. The molecule has 144 valence electrons. The molecule has 0 saturated carbocycles. The summed E-state index contributed by atoms with van der Waals surface area (Å²) in [4.78, 5) is 9.06. The molecule has 28 heavy (non-hydrogen) atoms. The number of fused-ring (bicyclic) bond motifs is 1. The fourth-order valence-electron chi connectivity index (χ4n) is 3.09. The van der Waals surface area contributed by atoms with E-state index in [1.165, 1.54) is 0 Å². The molecule has 4 aromatic rings. The van der Waals surface area contributed by atoms with Crippen molar-refractivity contribution >= 4 is 17.0 Å². The summed E-state index contributed by atoms with van der Waals surface area (Å²) in [7, 11) is 5.21. The summed E-state index contributed by atoms with van der Waals surface area (Å²) >= 11 is 0. The molecule has 0 atom stereocenters. The fourth-order valence-corrected chi connectivity index (χ4v) is 3.09. The van der Waals surface area contributed by atoms with Crippen LogP contribution in [0.25, 0.3) is 22.4 Å². The van der Waals surface area contributed by atoms with Crippen LogP contribution in [0.3, 0.4) is 0 Å². The predicted molar refractivity (Wildman–Crippen MR) is 106 cm³/mol. The Hall–Kier alpha value is -3.55. The molecule has 0 aliphatic carbocycles. The third-order valence-corrected chi connectivity index (χ3v) is 4.57. The number of ether oxygens (including phenoxy) is 2. The third-order valence-electron chi connectivity index (χ3n) is 4.57. The second-order valence-corrected chi connectivity index (χ2v) is 6.25. The lowest BCUT2D eigenvalue weighted by atomic mass is 10.2. The van der Waals surface area contributed by atoms with Gasteiger partial charge in [-0.1, -0.05) is 17.3 Å². The Balaban J connectivity index is 1.43. The summed E-state index contributed by atoms with van der Waals surface area (Å²) in [5.41, 5.74) is 2.89. The van der Waals surface area contributed by atoms with Crippen molar-refractivity contribution in [3.05, 3.63) is 48.3 Å². The van der Waals surface area contributed by atoms with E-state index >= 15 is 0 Å². The van der Waals surface area contributed by atoms with Gasteiger partial charge in [0.25, 0.3) is 0 Å². The lowest BCUT2D eigenvalue weighted by Gasteiger charge is -2.07. The van der Waals surface area contributed by atoms with Gasteiger partial charge < -0.3 is 23.9 Å². The van der Waals surface area contributed by atoms with Crippen molar-refractivity contribution in [1.82, 2.24) is 19.7 Å². The van der Waals surface area contributed by atoms with Crippen molar-refractivity contribution in [3.8, 4) is 22.9 Å². The minimum atomic E-state index is 0.364. The zero-order chi connectivity index (χ0) is 19.5. The molecule has 0 fully saturated rings. The number of aromatic nitrogens is 4. The largest absolute Gasteiger partial charge is 0.493 e. The van der Waals surface area contributed by atoms with Gasteiger partial charge in [0.2, 0.25) is 5.82 Å². The van der Waals surface area contributed by atoms with Gasteiger partial charge in [-0.15, -0.1) is 0 Å². The first-order chi connectivity index (χ1) is 13.7. The summed E-state index contributed by atoms with van der Waals surface area (Å²) in [6.07, 6.45) is 0.735. The molecule has 4 rings (SSSR count). The molecule has 0 spiro atoms. The molecule has 0 unspecified atom stereocenters. The summed E-state index contributed by atoms with van der Waals surface area (Å²) in [6, 6.07) is 13.9. The first-order valence-electron chi connectivity index (χ1n) is 8.90. The maximum Gasteiger partial charge on any atom is 0.321 e. The van der Waals surface area contributed by atoms with Gasteiger partial charge in [-0.25, -0.2) is 4.98 Å². The van der Waals surface area contributed by atoms with Gasteiger partial charge in [-0.3, -0.25) is 0 Å². The van der Waals surface area contributed by atoms with Gasteiger partial charge >= 0.3 is 6.01 Å². The monoisotopic (exact) mass is 379 g/mol. The van der Waals surface area contributed by atoms with Gasteiger partial charge in [-0.2, -0.15) is 4.98 Å². The molecular weight excluding hydrogens is 358 g/mol. The van der Waals surface area contributed by atoms with Crippen molar-refractivity contribution in [3.63, 3.8) is 0 Å². The maximum absolute atomic E-state index is 5.32. The Morgan fingerprint density at radius 3 is 2.64 bits per heavy atom. The van der Waals surface area contributed by atoms with E-state index in [1.54, 1.807) is 14.2 Å². The van der Waals surface area contributed by atoms with Crippen LogP contribution in [-0.2, 0) is 13.5 Å². The van der Waals surface area contributed by atoms with E-state index in [0.29, 0.717) is 29.9 Å². The molecule has 0 aliphatic heterocycles. The number of rotatable bonds is 7. The number of imidazole rings is 1. The summed E-state index contributed by atoms with van der Waals surface area (Å²) in [6.45, 7) is 0.630. The average Bonchev–Trinajstić information content (AvgIpc) is 3.33. The minimum absolute atomic E-state index is 0.364. The van der Waals surface area contributed by atoms with Gasteiger partial charge in [-0.05, 0) is 30.3 Å². The number of nitrogens with zero attached hydrogens (tertiary/aromatic N) is 4. The quantitative estimate of drug-likeness (QED) is 0.527. The highest BCUT2D eigenvalue weighted by atomic mass is 16.5. The van der Waals surface area contributed by atoms with E-state index in [1.807, 2.05) is 43.4 Å². The Labute approximate surface area is 162 Å². The normalized spacial score (nSPS) is 11.0. The molecule has 0 aliphatic rings. The molecule has 2 aromatic heterocycles. The highest BCUT2D eigenvalue weighted by molar-refractivity contribution is 5.75. The smallest absolute Gasteiger partial charge is 0.321 e. The van der Waals surface area contributed by atoms with E-state index in [9.17, 15) is 0 Å². The molecule has 0 radical (unpaired) electrons. The maximum atomic E-state index is 5.32. The third kappa shape index (κ3) is 3.36. The van der Waals surface area contributed by atoms with E-state index in [4.69, 9.17) is 14.0 Å². The Morgan fingerprint density at radius 1 is 1.04 bits per heavy atom. The van der Waals surface area contributed by atoms with Crippen molar-refractivity contribution in [2.24, 2.45) is 7.05 Å². The number of aryl methyl sites for hydroxylation is 1. The number of nitrogens with one attached hydrogen (secondary N) is 1. The summed E-state index contributed by atoms with van der Waals surface area (Å²) < 4.78 is 18.0. The SMILES string of the molecule is COc1ccc(-c2noc(NCCc3nc4ccccc4n3C)n2)cc1OC. The second kappa shape index (κ2) is 7.59. The van der Waals surface area contributed by atoms with Crippen molar-refractivity contribution in [1.29, 1.82) is 0 Å². The molecule has 2 heterocycles. The van der Waals surface area contributed by atoms with Crippen LogP contribution in [0.2, 0.25) is 0 Å². The van der Waals surface area contributed by atoms with Crippen LogP contribution in [-0.4, -0.2) is 40.5 Å². The number of methoxy groups -OCH3 is 2. The number of benzene rings is 2. The van der Waals surface area contributed by atoms with Gasteiger partial charge in [0.15, 0.2) is 11.5 Å². The van der Waals surface area contributed by atoms with Gasteiger partial charge in [0, 0.05) is 25.6 Å². The molecule has 8 heteroatoms. The summed E-state index contributed by atoms with van der Waals surface area (Å²) in [5, 5.41) is 7.19. The van der Waals surface area contributed by atoms with Gasteiger partial charge in [0.1, 0.15) is 5.82 Å². The van der Waals surface area contributed by atoms with Crippen LogP contribution in [0.4, 0.5) is 6.01 Å². The molecule has 2 aromatic carbocycles. The van der Waals surface area contributed by atoms with E-state index < -0.39 is 0 Å². The van der Waals surface area contributed by atoms with Crippen molar-refractivity contribution in [2.75, 3.05) is 26.1 Å². The minimum Gasteiger partial charge on any atom is -0.493 e. The number of hydrogen-bond donors (Lipinski definition) is 1. The zero-order valence-electron chi connectivity index (χ0n) is 16.0. The molecule has 0 saturated heterocycles. The predicted octanol–water partition coefficient (Wildman–Crippen LogP) is 3.30. The van der Waals surface area contributed by atoms with Crippen LogP contribution in [0, 0.1) is 0 Å². The van der Waals surface area contributed by atoms with E-state index in [0.717, 1.165) is 28.8 Å². The Morgan fingerprint density at radius 2 is 1.86 bits per heavy atom. The number of hydrogen-bond acceptors (Lipinski definition) is 7. The standard InChI is InChI=1S/C20H21N5O3/c1-25-15-7-5-4-6-14(15)22-18(25)10-11-21-20-23-19(24-28-20)13-8-9-16(26-2)17(12-13)27-3/h4-9,12H,10-11H2,1-3H3,(H,21,23,24).